The summed E-state index contributed by atoms with van der Waals surface area (Å²) >= 11 is 15.5. The number of halogens is 3. The zero-order valence-electron chi connectivity index (χ0n) is 10.3. The Labute approximate surface area is 134 Å². The summed E-state index contributed by atoms with van der Waals surface area (Å²) in [5, 5.41) is 3.77. The molecule has 20 heavy (non-hydrogen) atoms. The molecule has 0 aliphatic heterocycles. The molecule has 0 aliphatic carbocycles. The van der Waals surface area contributed by atoms with Crippen LogP contribution in [0.15, 0.2) is 34.9 Å². The molecule has 0 saturated heterocycles. The molecule has 104 valence electrons. The van der Waals surface area contributed by atoms with Crippen molar-refractivity contribution in [3.05, 3.63) is 50.5 Å². The third-order valence-corrected chi connectivity index (χ3v) is 4.25. The minimum Gasteiger partial charge on any atom is -0.465 e. The van der Waals surface area contributed by atoms with E-state index in [0.717, 1.165) is 0 Å². The topological polar surface area (TPSA) is 51.2 Å². The number of ether oxygens (including phenoxy) is 1. The van der Waals surface area contributed by atoms with Crippen molar-refractivity contribution < 1.29 is 9.53 Å². The van der Waals surface area contributed by atoms with Crippen LogP contribution in [0.2, 0.25) is 10.0 Å². The standard InChI is InChI=1S/C13H9BrCl2N2O2/c1-20-13(19)7-4-5-17-10(6-7)18-9-3-2-8(14)11(15)12(9)16/h2-6H,1H3,(H,17,18). The Kier molecular flexibility index (Phi) is 4.86. The second kappa shape index (κ2) is 6.43. The van der Waals surface area contributed by atoms with Gasteiger partial charge in [-0.3, -0.25) is 0 Å². The second-order valence-corrected chi connectivity index (χ2v) is 5.38. The molecule has 0 saturated carbocycles. The molecule has 1 heterocycles. The average Bonchev–Trinajstić information content (AvgIpc) is 2.47. The van der Waals surface area contributed by atoms with Gasteiger partial charge in [-0.05, 0) is 40.2 Å². The molecule has 0 aliphatic rings. The number of hydrogen-bond acceptors (Lipinski definition) is 4. The monoisotopic (exact) mass is 374 g/mol. The first-order valence-electron chi connectivity index (χ1n) is 5.48. The van der Waals surface area contributed by atoms with Crippen LogP contribution in [0.3, 0.4) is 0 Å². The molecule has 2 rings (SSSR count). The fraction of sp³-hybridized carbons (Fsp3) is 0.0769. The maximum atomic E-state index is 11.5. The van der Waals surface area contributed by atoms with Crippen LogP contribution in [-0.4, -0.2) is 18.1 Å². The fourth-order valence-electron chi connectivity index (χ4n) is 1.50. The van der Waals surface area contributed by atoms with Gasteiger partial charge in [0, 0.05) is 10.7 Å². The van der Waals surface area contributed by atoms with Crippen molar-refractivity contribution in [1.82, 2.24) is 4.98 Å². The predicted octanol–water partition coefficient (Wildman–Crippen LogP) is 4.68. The molecule has 0 spiro atoms. The molecule has 7 heteroatoms. The zero-order valence-corrected chi connectivity index (χ0v) is 13.4. The van der Waals surface area contributed by atoms with Crippen molar-refractivity contribution in [2.75, 3.05) is 12.4 Å². The highest BCUT2D eigenvalue weighted by Crippen LogP contribution is 2.36. The Balaban J connectivity index is 2.31. The lowest BCUT2D eigenvalue weighted by Crippen LogP contribution is -2.03. The predicted molar refractivity (Wildman–Crippen MR) is 83.0 cm³/mol. The molecule has 0 amide bonds. The lowest BCUT2D eigenvalue weighted by atomic mass is 10.2. The normalized spacial score (nSPS) is 10.2. The van der Waals surface area contributed by atoms with E-state index in [2.05, 4.69) is 31.0 Å². The number of esters is 1. The molecule has 0 fully saturated rings. The highest BCUT2D eigenvalue weighted by molar-refractivity contribution is 9.10. The van der Waals surface area contributed by atoms with Crippen LogP contribution in [0.4, 0.5) is 11.5 Å². The molecular formula is C13H9BrCl2N2O2. The number of rotatable bonds is 3. The lowest BCUT2D eigenvalue weighted by Gasteiger charge is -2.10. The summed E-state index contributed by atoms with van der Waals surface area (Å²) in [6.45, 7) is 0. The number of nitrogens with zero attached hydrogens (tertiary/aromatic N) is 1. The zero-order chi connectivity index (χ0) is 14.7. The van der Waals surface area contributed by atoms with E-state index in [-0.39, 0.29) is 0 Å². The first kappa shape index (κ1) is 15.1. The Hall–Kier alpha value is -1.30. The highest BCUT2D eigenvalue weighted by atomic mass is 79.9. The van der Waals surface area contributed by atoms with Crippen LogP contribution in [0.1, 0.15) is 10.4 Å². The Bertz CT molecular complexity index is 665. The van der Waals surface area contributed by atoms with E-state index >= 15 is 0 Å². The van der Waals surface area contributed by atoms with E-state index in [1.165, 1.54) is 13.3 Å². The molecule has 4 nitrogen and oxygen atoms in total. The fourth-order valence-corrected chi connectivity index (χ4v) is 2.33. The van der Waals surface area contributed by atoms with Crippen molar-refractivity contribution >= 4 is 56.6 Å². The van der Waals surface area contributed by atoms with E-state index in [0.29, 0.717) is 31.6 Å². The number of pyridine rings is 1. The molecule has 1 N–H and O–H groups in total. The molecule has 1 aromatic heterocycles. The molecule has 0 unspecified atom stereocenters. The summed E-state index contributed by atoms with van der Waals surface area (Å²) in [6, 6.07) is 6.65. The summed E-state index contributed by atoms with van der Waals surface area (Å²) in [6.07, 6.45) is 1.50. The summed E-state index contributed by atoms with van der Waals surface area (Å²) in [4.78, 5) is 15.6. The largest absolute Gasteiger partial charge is 0.465 e. The number of hydrogen-bond donors (Lipinski definition) is 1. The van der Waals surface area contributed by atoms with Crippen LogP contribution >= 0.6 is 39.1 Å². The van der Waals surface area contributed by atoms with Gasteiger partial charge >= 0.3 is 5.97 Å². The Morgan fingerprint density at radius 3 is 2.75 bits per heavy atom. The molecular weight excluding hydrogens is 367 g/mol. The first-order valence-corrected chi connectivity index (χ1v) is 7.02. The van der Waals surface area contributed by atoms with Crippen molar-refractivity contribution in [2.24, 2.45) is 0 Å². The second-order valence-electron chi connectivity index (χ2n) is 3.77. The summed E-state index contributed by atoms with van der Waals surface area (Å²) in [5.41, 5.74) is 0.985. The quantitative estimate of drug-likeness (QED) is 0.625. The van der Waals surface area contributed by atoms with Gasteiger partial charge in [0.1, 0.15) is 5.82 Å². The maximum absolute atomic E-state index is 11.5. The van der Waals surface area contributed by atoms with Gasteiger partial charge in [-0.1, -0.05) is 23.2 Å². The van der Waals surface area contributed by atoms with Crippen molar-refractivity contribution in [1.29, 1.82) is 0 Å². The first-order chi connectivity index (χ1) is 9.52. The van der Waals surface area contributed by atoms with Crippen molar-refractivity contribution in [2.45, 2.75) is 0 Å². The van der Waals surface area contributed by atoms with Crippen LogP contribution in [-0.2, 0) is 4.74 Å². The number of nitrogens with one attached hydrogen (secondary N) is 1. The van der Waals surface area contributed by atoms with Gasteiger partial charge in [0.25, 0.3) is 0 Å². The third-order valence-electron chi connectivity index (χ3n) is 2.48. The number of benzene rings is 1. The number of aromatic nitrogens is 1. The minimum absolute atomic E-state index is 0.367. The summed E-state index contributed by atoms with van der Waals surface area (Å²) in [7, 11) is 1.32. The molecule has 0 atom stereocenters. The van der Waals surface area contributed by atoms with Gasteiger partial charge < -0.3 is 10.1 Å². The SMILES string of the molecule is COC(=O)c1ccnc(Nc2ccc(Br)c(Cl)c2Cl)c1. The molecule has 2 aromatic rings. The van der Waals surface area contributed by atoms with Gasteiger partial charge in [-0.25, -0.2) is 9.78 Å². The minimum atomic E-state index is -0.435. The number of methoxy groups -OCH3 is 1. The molecule has 1 aromatic carbocycles. The third kappa shape index (κ3) is 3.23. The highest BCUT2D eigenvalue weighted by Gasteiger charge is 2.11. The van der Waals surface area contributed by atoms with Crippen LogP contribution in [0.5, 0.6) is 0 Å². The molecule has 0 bridgehead atoms. The van der Waals surface area contributed by atoms with Crippen LogP contribution in [0.25, 0.3) is 0 Å². The smallest absolute Gasteiger partial charge is 0.338 e. The number of carbonyl (C=O) groups is 1. The van der Waals surface area contributed by atoms with E-state index < -0.39 is 5.97 Å². The maximum Gasteiger partial charge on any atom is 0.338 e. The number of anilines is 2. The van der Waals surface area contributed by atoms with Gasteiger partial charge in [-0.15, -0.1) is 0 Å². The van der Waals surface area contributed by atoms with E-state index in [4.69, 9.17) is 23.2 Å². The summed E-state index contributed by atoms with van der Waals surface area (Å²) in [5.74, 6) is 0.0311. The van der Waals surface area contributed by atoms with Crippen LogP contribution < -0.4 is 5.32 Å². The van der Waals surface area contributed by atoms with Gasteiger partial charge in [0.15, 0.2) is 0 Å². The Morgan fingerprint density at radius 2 is 2.05 bits per heavy atom. The van der Waals surface area contributed by atoms with Gasteiger partial charge in [0.05, 0.1) is 28.4 Å². The van der Waals surface area contributed by atoms with E-state index in [1.807, 2.05) is 0 Å². The summed E-state index contributed by atoms with van der Waals surface area (Å²) < 4.78 is 5.35. The lowest BCUT2D eigenvalue weighted by molar-refractivity contribution is 0.0600. The van der Waals surface area contributed by atoms with E-state index in [1.54, 1.807) is 24.3 Å². The Morgan fingerprint density at radius 1 is 1.30 bits per heavy atom. The average molecular weight is 376 g/mol. The van der Waals surface area contributed by atoms with Gasteiger partial charge in [-0.2, -0.15) is 0 Å². The van der Waals surface area contributed by atoms with E-state index in [9.17, 15) is 4.79 Å². The van der Waals surface area contributed by atoms with Crippen LogP contribution in [0, 0.1) is 0 Å². The van der Waals surface area contributed by atoms with Gasteiger partial charge in [0.2, 0.25) is 0 Å². The van der Waals surface area contributed by atoms with Crippen molar-refractivity contribution in [3.63, 3.8) is 0 Å². The number of carbonyl (C=O) groups excluding carboxylic acids is 1. The molecule has 0 radical (unpaired) electrons. The van der Waals surface area contributed by atoms with Crippen molar-refractivity contribution in [3.8, 4) is 0 Å².